The van der Waals surface area contributed by atoms with Gasteiger partial charge in [-0.15, -0.1) is 0 Å². The van der Waals surface area contributed by atoms with Crippen LogP contribution in [0.15, 0.2) is 30.5 Å². The number of anilines is 1. The van der Waals surface area contributed by atoms with Gasteiger partial charge < -0.3 is 9.88 Å². The van der Waals surface area contributed by atoms with E-state index in [1.165, 1.54) is 6.07 Å². The Hall–Kier alpha value is -1.84. The van der Waals surface area contributed by atoms with Crippen LogP contribution in [-0.2, 0) is 6.54 Å². The van der Waals surface area contributed by atoms with Crippen LogP contribution in [0.3, 0.4) is 0 Å². The number of nitrogens with one attached hydrogen (secondary N) is 1. The molecular formula is C16H22FN3. The number of aromatic nitrogens is 2. The number of nitrogens with zero attached hydrogens (tertiary/aromatic N) is 2. The van der Waals surface area contributed by atoms with Crippen LogP contribution in [0.4, 0.5) is 10.3 Å². The van der Waals surface area contributed by atoms with Gasteiger partial charge in [-0.05, 0) is 26.3 Å². The molecule has 0 saturated heterocycles. The largest absolute Gasteiger partial charge is 0.349 e. The van der Waals surface area contributed by atoms with E-state index in [-0.39, 0.29) is 11.9 Å². The number of hydrogen-bond donors (Lipinski definition) is 1. The smallest absolute Gasteiger partial charge is 0.203 e. The molecule has 3 nitrogen and oxygen atoms in total. The van der Waals surface area contributed by atoms with E-state index in [4.69, 9.17) is 0 Å². The maximum Gasteiger partial charge on any atom is 0.203 e. The first-order chi connectivity index (χ1) is 9.61. The Bertz CT molecular complexity index is 563. The van der Waals surface area contributed by atoms with E-state index in [9.17, 15) is 4.39 Å². The second-order valence-electron chi connectivity index (χ2n) is 5.14. The maximum absolute atomic E-state index is 13.8. The monoisotopic (exact) mass is 275 g/mol. The minimum absolute atomic E-state index is 0.113. The molecule has 1 aromatic carbocycles. The number of halogens is 1. The number of unbranched alkanes of at least 4 members (excludes halogenated alkanes) is 1. The van der Waals surface area contributed by atoms with Gasteiger partial charge in [-0.1, -0.05) is 31.5 Å². The molecule has 20 heavy (non-hydrogen) atoms. The quantitative estimate of drug-likeness (QED) is 0.851. The number of benzene rings is 1. The standard InChI is InChI=1S/C16H22FN3/c1-4-5-10-20-11-12(2)18-16(20)19-13(3)14-8-6-7-9-15(14)17/h6-9,11,13H,4-5,10H2,1-3H3,(H,18,19). The third-order valence-corrected chi connectivity index (χ3v) is 3.37. The second kappa shape index (κ2) is 6.55. The summed E-state index contributed by atoms with van der Waals surface area (Å²) in [7, 11) is 0. The molecule has 0 aliphatic heterocycles. The molecule has 108 valence electrons. The summed E-state index contributed by atoms with van der Waals surface area (Å²) in [5.74, 6) is 0.627. The SMILES string of the molecule is CCCCn1cc(C)nc1NC(C)c1ccccc1F. The van der Waals surface area contributed by atoms with Crippen LogP contribution in [0.5, 0.6) is 0 Å². The zero-order valence-electron chi connectivity index (χ0n) is 12.4. The molecule has 0 aliphatic rings. The van der Waals surface area contributed by atoms with Crippen molar-refractivity contribution in [3.05, 3.63) is 47.5 Å². The molecule has 1 atom stereocenters. The zero-order chi connectivity index (χ0) is 14.5. The molecule has 2 rings (SSSR count). The van der Waals surface area contributed by atoms with Crippen molar-refractivity contribution in [2.24, 2.45) is 0 Å². The van der Waals surface area contributed by atoms with Crippen LogP contribution in [-0.4, -0.2) is 9.55 Å². The molecule has 1 heterocycles. The number of imidazole rings is 1. The summed E-state index contributed by atoms with van der Waals surface area (Å²) in [6, 6.07) is 6.74. The molecule has 2 aromatic rings. The Balaban J connectivity index is 2.15. The number of aryl methyl sites for hydroxylation is 2. The molecule has 0 spiro atoms. The van der Waals surface area contributed by atoms with Crippen LogP contribution in [0.25, 0.3) is 0 Å². The molecule has 1 aromatic heterocycles. The van der Waals surface area contributed by atoms with Gasteiger partial charge >= 0.3 is 0 Å². The average molecular weight is 275 g/mol. The van der Waals surface area contributed by atoms with Crippen molar-refractivity contribution in [1.82, 2.24) is 9.55 Å². The molecule has 0 amide bonds. The van der Waals surface area contributed by atoms with E-state index in [1.54, 1.807) is 12.1 Å². The van der Waals surface area contributed by atoms with Crippen LogP contribution < -0.4 is 5.32 Å². The van der Waals surface area contributed by atoms with E-state index in [0.29, 0.717) is 5.56 Å². The van der Waals surface area contributed by atoms with Crippen molar-refractivity contribution < 1.29 is 4.39 Å². The summed E-state index contributed by atoms with van der Waals surface area (Å²) in [6.45, 7) is 7.02. The van der Waals surface area contributed by atoms with Crippen LogP contribution >= 0.6 is 0 Å². The van der Waals surface area contributed by atoms with Gasteiger partial charge in [-0.2, -0.15) is 0 Å². The maximum atomic E-state index is 13.8. The Morgan fingerprint density at radius 1 is 1.35 bits per heavy atom. The van der Waals surface area contributed by atoms with Crippen molar-refractivity contribution >= 4 is 5.95 Å². The van der Waals surface area contributed by atoms with Gasteiger partial charge in [0.2, 0.25) is 5.95 Å². The van der Waals surface area contributed by atoms with Crippen LogP contribution in [0.1, 0.15) is 44.0 Å². The fourth-order valence-corrected chi connectivity index (χ4v) is 2.26. The van der Waals surface area contributed by atoms with Gasteiger partial charge in [0.25, 0.3) is 0 Å². The topological polar surface area (TPSA) is 29.9 Å². The zero-order valence-corrected chi connectivity index (χ0v) is 12.4. The summed E-state index contributed by atoms with van der Waals surface area (Å²) in [6.07, 6.45) is 4.28. The Morgan fingerprint density at radius 2 is 2.10 bits per heavy atom. The normalized spacial score (nSPS) is 12.4. The lowest BCUT2D eigenvalue weighted by Crippen LogP contribution is -2.13. The molecule has 0 bridgehead atoms. The highest BCUT2D eigenvalue weighted by atomic mass is 19.1. The highest BCUT2D eigenvalue weighted by Gasteiger charge is 2.13. The Labute approximate surface area is 119 Å². The van der Waals surface area contributed by atoms with E-state index >= 15 is 0 Å². The van der Waals surface area contributed by atoms with Gasteiger partial charge in [-0.25, -0.2) is 9.37 Å². The molecule has 0 saturated carbocycles. The number of hydrogen-bond acceptors (Lipinski definition) is 2. The summed E-state index contributed by atoms with van der Waals surface area (Å²) in [5, 5.41) is 3.31. The first-order valence-corrected chi connectivity index (χ1v) is 7.16. The van der Waals surface area contributed by atoms with Gasteiger partial charge in [-0.3, -0.25) is 0 Å². The minimum atomic E-state index is -0.184. The summed E-state index contributed by atoms with van der Waals surface area (Å²) < 4.78 is 15.9. The molecule has 0 fully saturated rings. The highest BCUT2D eigenvalue weighted by molar-refractivity contribution is 5.34. The van der Waals surface area contributed by atoms with E-state index in [1.807, 2.05) is 26.1 Å². The predicted molar refractivity (Wildman–Crippen MR) is 80.3 cm³/mol. The molecule has 4 heteroatoms. The summed E-state index contributed by atoms with van der Waals surface area (Å²) >= 11 is 0. The lowest BCUT2D eigenvalue weighted by atomic mass is 10.1. The van der Waals surface area contributed by atoms with Crippen molar-refractivity contribution in [3.8, 4) is 0 Å². The van der Waals surface area contributed by atoms with Gasteiger partial charge in [0.15, 0.2) is 0 Å². The first kappa shape index (κ1) is 14.6. The van der Waals surface area contributed by atoms with Gasteiger partial charge in [0, 0.05) is 18.3 Å². The lowest BCUT2D eigenvalue weighted by molar-refractivity contribution is 0.595. The van der Waals surface area contributed by atoms with Gasteiger partial charge in [0.05, 0.1) is 11.7 Å². The van der Waals surface area contributed by atoms with E-state index < -0.39 is 0 Å². The highest BCUT2D eigenvalue weighted by Crippen LogP contribution is 2.21. The van der Waals surface area contributed by atoms with Gasteiger partial charge in [0.1, 0.15) is 5.82 Å². The average Bonchev–Trinajstić information content (AvgIpc) is 2.76. The molecular weight excluding hydrogens is 253 g/mol. The third kappa shape index (κ3) is 3.38. The van der Waals surface area contributed by atoms with Crippen molar-refractivity contribution in [2.45, 2.75) is 46.2 Å². The number of rotatable bonds is 6. The third-order valence-electron chi connectivity index (χ3n) is 3.37. The summed E-state index contributed by atoms with van der Waals surface area (Å²) in [4.78, 5) is 4.49. The van der Waals surface area contributed by atoms with Crippen molar-refractivity contribution in [3.63, 3.8) is 0 Å². The first-order valence-electron chi connectivity index (χ1n) is 7.16. The predicted octanol–water partition coefficient (Wildman–Crippen LogP) is 4.30. The second-order valence-corrected chi connectivity index (χ2v) is 5.14. The fraction of sp³-hybridized carbons (Fsp3) is 0.438. The van der Waals surface area contributed by atoms with Crippen molar-refractivity contribution in [1.29, 1.82) is 0 Å². The Morgan fingerprint density at radius 3 is 2.80 bits per heavy atom. The van der Waals surface area contributed by atoms with Crippen molar-refractivity contribution in [2.75, 3.05) is 5.32 Å². The fourth-order valence-electron chi connectivity index (χ4n) is 2.26. The van der Waals surface area contributed by atoms with E-state index in [0.717, 1.165) is 31.0 Å². The Kier molecular flexibility index (Phi) is 4.77. The van der Waals surface area contributed by atoms with E-state index in [2.05, 4.69) is 21.8 Å². The molecule has 1 N–H and O–H groups in total. The molecule has 0 radical (unpaired) electrons. The van der Waals surface area contributed by atoms with Crippen LogP contribution in [0.2, 0.25) is 0 Å². The molecule has 0 aliphatic carbocycles. The van der Waals surface area contributed by atoms with Crippen LogP contribution in [0, 0.1) is 12.7 Å². The molecule has 1 unspecified atom stereocenters. The lowest BCUT2D eigenvalue weighted by Gasteiger charge is -2.16. The minimum Gasteiger partial charge on any atom is -0.349 e. The summed E-state index contributed by atoms with van der Waals surface area (Å²) in [5.41, 5.74) is 1.64.